The molecule has 0 aromatic heterocycles. The number of halogens is 1. The van der Waals surface area contributed by atoms with Gasteiger partial charge >= 0.3 is 0 Å². The molecule has 2 aromatic rings. The van der Waals surface area contributed by atoms with Crippen LogP contribution in [0.4, 0.5) is 11.4 Å². The Bertz CT molecular complexity index is 686. The Balaban J connectivity index is 2.35. The number of rotatable bonds is 4. The highest BCUT2D eigenvalue weighted by Crippen LogP contribution is 2.31. The highest BCUT2D eigenvalue weighted by Gasteiger charge is 2.17. The molecule has 0 heterocycles. The predicted molar refractivity (Wildman–Crippen MR) is 86.1 cm³/mol. The number of nitro benzene ring substituents is 1. The molecule has 110 valence electrons. The zero-order valence-corrected chi connectivity index (χ0v) is 12.9. The van der Waals surface area contributed by atoms with Gasteiger partial charge in [0.05, 0.1) is 4.92 Å². The second-order valence-corrected chi connectivity index (χ2v) is 5.58. The lowest BCUT2D eigenvalue weighted by atomic mass is 10.00. The molecular weight excluding hydrogens is 288 g/mol. The molecule has 0 amide bonds. The van der Waals surface area contributed by atoms with E-state index in [1.807, 2.05) is 26.8 Å². The van der Waals surface area contributed by atoms with Crippen LogP contribution in [0.2, 0.25) is 5.02 Å². The van der Waals surface area contributed by atoms with Crippen LogP contribution in [0.5, 0.6) is 0 Å². The van der Waals surface area contributed by atoms with Gasteiger partial charge in [-0.1, -0.05) is 35.4 Å². The van der Waals surface area contributed by atoms with Gasteiger partial charge in [-0.25, -0.2) is 0 Å². The third kappa shape index (κ3) is 3.52. The van der Waals surface area contributed by atoms with Crippen LogP contribution in [0, 0.1) is 24.0 Å². The van der Waals surface area contributed by atoms with Crippen molar-refractivity contribution < 1.29 is 4.92 Å². The summed E-state index contributed by atoms with van der Waals surface area (Å²) in [7, 11) is 0. The van der Waals surface area contributed by atoms with Crippen LogP contribution in [-0.4, -0.2) is 4.92 Å². The van der Waals surface area contributed by atoms with E-state index in [2.05, 4.69) is 17.4 Å². The number of nitro groups is 1. The van der Waals surface area contributed by atoms with Gasteiger partial charge in [-0.15, -0.1) is 0 Å². The number of benzene rings is 2. The normalized spacial score (nSPS) is 12.0. The minimum absolute atomic E-state index is 0.0246. The fourth-order valence-corrected chi connectivity index (χ4v) is 2.49. The first-order chi connectivity index (χ1) is 9.88. The third-order valence-electron chi connectivity index (χ3n) is 3.43. The van der Waals surface area contributed by atoms with Gasteiger partial charge in [0.2, 0.25) is 0 Å². The van der Waals surface area contributed by atoms with Gasteiger partial charge in [-0.3, -0.25) is 10.1 Å². The summed E-state index contributed by atoms with van der Waals surface area (Å²) in [6.07, 6.45) is 0. The summed E-state index contributed by atoms with van der Waals surface area (Å²) in [5.74, 6) is 0. The Morgan fingerprint density at radius 1 is 1.19 bits per heavy atom. The molecular formula is C16H17ClN2O2. The monoisotopic (exact) mass is 304 g/mol. The highest BCUT2D eigenvalue weighted by atomic mass is 35.5. The van der Waals surface area contributed by atoms with Crippen molar-refractivity contribution in [2.45, 2.75) is 26.8 Å². The van der Waals surface area contributed by atoms with Crippen LogP contribution < -0.4 is 5.32 Å². The van der Waals surface area contributed by atoms with E-state index in [9.17, 15) is 10.1 Å². The van der Waals surface area contributed by atoms with Crippen molar-refractivity contribution in [3.05, 3.63) is 68.2 Å². The van der Waals surface area contributed by atoms with Crippen LogP contribution in [0.1, 0.15) is 29.7 Å². The zero-order valence-electron chi connectivity index (χ0n) is 12.2. The maximum Gasteiger partial charge on any atom is 0.292 e. The molecule has 1 atom stereocenters. The quantitative estimate of drug-likeness (QED) is 0.636. The topological polar surface area (TPSA) is 55.2 Å². The molecule has 5 heteroatoms. The first-order valence-electron chi connectivity index (χ1n) is 6.66. The summed E-state index contributed by atoms with van der Waals surface area (Å²) in [5, 5.41) is 14.8. The van der Waals surface area contributed by atoms with Gasteiger partial charge in [0.15, 0.2) is 0 Å². The molecule has 0 aliphatic rings. The predicted octanol–water partition coefficient (Wildman–Crippen LogP) is 5.04. The number of nitrogens with zero attached hydrogens (tertiary/aromatic N) is 1. The maximum atomic E-state index is 11.1. The number of anilines is 1. The standard InChI is InChI=1S/C16H17ClN2O2/c1-10-4-5-11(2)14(8-10)12(3)18-15-9-13(17)6-7-16(15)19(20)21/h4-9,12,18H,1-3H3. The maximum absolute atomic E-state index is 11.1. The molecule has 0 fully saturated rings. The number of hydrogen-bond donors (Lipinski definition) is 1. The van der Waals surface area contributed by atoms with E-state index in [1.54, 1.807) is 6.07 Å². The summed E-state index contributed by atoms with van der Waals surface area (Å²) in [6.45, 7) is 6.03. The van der Waals surface area contributed by atoms with Crippen LogP contribution in [-0.2, 0) is 0 Å². The number of nitrogens with one attached hydrogen (secondary N) is 1. The van der Waals surface area contributed by atoms with Crippen molar-refractivity contribution in [1.29, 1.82) is 0 Å². The highest BCUT2D eigenvalue weighted by molar-refractivity contribution is 6.31. The summed E-state index contributed by atoms with van der Waals surface area (Å²) in [5.41, 5.74) is 3.87. The summed E-state index contributed by atoms with van der Waals surface area (Å²) < 4.78 is 0. The molecule has 0 aliphatic carbocycles. The second-order valence-electron chi connectivity index (χ2n) is 5.14. The van der Waals surface area contributed by atoms with E-state index in [4.69, 9.17) is 11.6 Å². The van der Waals surface area contributed by atoms with Crippen LogP contribution in [0.3, 0.4) is 0 Å². The van der Waals surface area contributed by atoms with Crippen molar-refractivity contribution in [3.8, 4) is 0 Å². The molecule has 0 bridgehead atoms. The van der Waals surface area contributed by atoms with Gasteiger partial charge in [0, 0.05) is 17.1 Å². The lowest BCUT2D eigenvalue weighted by Crippen LogP contribution is -2.10. The third-order valence-corrected chi connectivity index (χ3v) is 3.66. The molecule has 21 heavy (non-hydrogen) atoms. The minimum Gasteiger partial charge on any atom is -0.373 e. The Labute approximate surface area is 128 Å². The molecule has 0 radical (unpaired) electrons. The van der Waals surface area contributed by atoms with E-state index < -0.39 is 4.92 Å². The van der Waals surface area contributed by atoms with Crippen molar-refractivity contribution in [3.63, 3.8) is 0 Å². The van der Waals surface area contributed by atoms with Gasteiger partial charge in [-0.2, -0.15) is 0 Å². The summed E-state index contributed by atoms with van der Waals surface area (Å²) in [6, 6.07) is 10.7. The number of hydrogen-bond acceptors (Lipinski definition) is 3. The fraction of sp³-hybridized carbons (Fsp3) is 0.250. The van der Waals surface area contributed by atoms with Crippen molar-refractivity contribution >= 4 is 23.0 Å². The molecule has 2 aromatic carbocycles. The van der Waals surface area contributed by atoms with E-state index >= 15 is 0 Å². The van der Waals surface area contributed by atoms with E-state index in [0.717, 1.165) is 16.7 Å². The lowest BCUT2D eigenvalue weighted by Gasteiger charge is -2.18. The Morgan fingerprint density at radius 3 is 2.57 bits per heavy atom. The molecule has 0 saturated carbocycles. The molecule has 0 saturated heterocycles. The molecule has 4 nitrogen and oxygen atoms in total. The smallest absolute Gasteiger partial charge is 0.292 e. The van der Waals surface area contributed by atoms with Crippen molar-refractivity contribution in [2.24, 2.45) is 0 Å². The van der Waals surface area contributed by atoms with E-state index in [0.29, 0.717) is 10.7 Å². The Morgan fingerprint density at radius 2 is 1.90 bits per heavy atom. The first kappa shape index (κ1) is 15.3. The number of aryl methyl sites for hydroxylation is 2. The summed E-state index contributed by atoms with van der Waals surface area (Å²) >= 11 is 5.94. The van der Waals surface area contributed by atoms with Crippen LogP contribution in [0.15, 0.2) is 36.4 Å². The average Bonchev–Trinajstić information content (AvgIpc) is 2.41. The molecule has 1 unspecified atom stereocenters. The van der Waals surface area contributed by atoms with Gasteiger partial charge in [0.25, 0.3) is 5.69 Å². The zero-order chi connectivity index (χ0) is 15.6. The molecule has 0 aliphatic heterocycles. The van der Waals surface area contributed by atoms with Crippen LogP contribution in [0.25, 0.3) is 0 Å². The minimum atomic E-state index is -0.408. The van der Waals surface area contributed by atoms with Crippen molar-refractivity contribution in [2.75, 3.05) is 5.32 Å². The molecule has 0 spiro atoms. The first-order valence-corrected chi connectivity index (χ1v) is 7.04. The Hall–Kier alpha value is -2.07. The van der Waals surface area contributed by atoms with Crippen LogP contribution >= 0.6 is 11.6 Å². The largest absolute Gasteiger partial charge is 0.373 e. The Kier molecular flexibility index (Phi) is 4.48. The van der Waals surface area contributed by atoms with Gasteiger partial charge < -0.3 is 5.32 Å². The van der Waals surface area contributed by atoms with Gasteiger partial charge in [0.1, 0.15) is 5.69 Å². The lowest BCUT2D eigenvalue weighted by molar-refractivity contribution is -0.384. The summed E-state index contributed by atoms with van der Waals surface area (Å²) in [4.78, 5) is 10.7. The molecule has 1 N–H and O–H groups in total. The fourth-order valence-electron chi connectivity index (χ4n) is 2.32. The van der Waals surface area contributed by atoms with E-state index in [1.165, 1.54) is 12.1 Å². The van der Waals surface area contributed by atoms with Crippen molar-refractivity contribution in [1.82, 2.24) is 0 Å². The second kappa shape index (κ2) is 6.14. The average molecular weight is 305 g/mol. The molecule has 2 rings (SSSR count). The van der Waals surface area contributed by atoms with Gasteiger partial charge in [-0.05, 0) is 44.0 Å². The van der Waals surface area contributed by atoms with E-state index in [-0.39, 0.29) is 11.7 Å². The SMILES string of the molecule is Cc1ccc(C)c(C(C)Nc2cc(Cl)ccc2[N+](=O)[O-])c1.